The van der Waals surface area contributed by atoms with Crippen molar-refractivity contribution in [2.24, 2.45) is 46.3 Å². The fourth-order valence-electron chi connectivity index (χ4n) is 15.5. The zero-order valence-electron chi connectivity index (χ0n) is 42.9. The number of aliphatic hydroxyl groups is 13. The summed E-state index contributed by atoms with van der Waals surface area (Å²) in [7, 11) is 0. The van der Waals surface area contributed by atoms with E-state index in [0.717, 1.165) is 32.1 Å². The molecule has 23 nitrogen and oxygen atoms in total. The minimum Gasteiger partial charge on any atom is -0.394 e. The Kier molecular flexibility index (Phi) is 16.0. The standard InChI is InChI=1S/C51H82O23/c1-18-13-30(70-44(18)73-47-41(63)38(60)34(56)28(16-52)68-47)51(64)19(2)31-27(74-51)15-26-24-8-7-22-14-23(9-11-49(22,5)25(24)10-12-50(26,31)6)67-48-43(72-46-40(62)37(59)33(55)21(4)66-46)42(35(57)29(17-53)69-48)71-45-39(61)36(58)32(54)20(3)65-45/h7,18-21,23-48,52-64H,8-17H2,1-6H3/t18?,19-,20-,21-,23-,24+,25-,26-,27-,28+,29+,30?,31-,32-,33-,34+,35+,36+,37+,38-,39+,40+,41+,42-,43+,44?,45-,46-,47-,48+,49-,50-,51-/m0/s1. The van der Waals surface area contributed by atoms with E-state index in [1.54, 1.807) is 0 Å². The fraction of sp³-hybridized carbons (Fsp3) is 0.961. The van der Waals surface area contributed by atoms with E-state index >= 15 is 0 Å². The molecule has 424 valence electrons. The highest BCUT2D eigenvalue weighted by molar-refractivity contribution is 5.27. The SMILES string of the molecule is CC1CC([C@@]2(O)O[C@H]3C[C@H]4[C@@H]5CC=C6C[C@@H](O[C@@H]7O[C@H](CO)[C@@H](O)[C@H](O[C@@H]8O[C@@H](C)[C@H](O)[C@@H](O)[C@H]8O)[C@H]7O[C@@H]7O[C@@H](C)[C@H](O)[C@@H](O)[C@H]7O)CC[C@]6(C)[C@H]5CC[C@]4(C)[C@H]3[C@@H]2C)OC1O[C@@H]1O[C@H](CO)[C@@H](O)[C@H](O)[C@H]1O. The molecule has 3 saturated carbocycles. The molecule has 0 aromatic carbocycles. The minimum atomic E-state index is -1.78. The van der Waals surface area contributed by atoms with Crippen LogP contribution in [0.1, 0.15) is 92.9 Å². The van der Waals surface area contributed by atoms with Crippen LogP contribution >= 0.6 is 0 Å². The molecule has 33 atom stereocenters. The van der Waals surface area contributed by atoms with Gasteiger partial charge in [0.1, 0.15) is 91.6 Å². The Bertz CT molecular complexity index is 1990. The summed E-state index contributed by atoms with van der Waals surface area (Å²) < 4.78 is 61.7. The lowest BCUT2D eigenvalue weighted by Gasteiger charge is -2.58. The van der Waals surface area contributed by atoms with Crippen molar-refractivity contribution in [1.29, 1.82) is 0 Å². The first-order valence-corrected chi connectivity index (χ1v) is 27.0. The van der Waals surface area contributed by atoms with Crippen molar-refractivity contribution in [3.05, 3.63) is 11.6 Å². The van der Waals surface area contributed by atoms with Crippen LogP contribution in [0.5, 0.6) is 0 Å². The van der Waals surface area contributed by atoms with Crippen LogP contribution in [0.4, 0.5) is 0 Å². The summed E-state index contributed by atoms with van der Waals surface area (Å²) in [5, 5.41) is 140. The summed E-state index contributed by atoms with van der Waals surface area (Å²) in [6.07, 6.45) is -24.0. The highest BCUT2D eigenvalue weighted by Crippen LogP contribution is 2.70. The number of rotatable bonds is 11. The second-order valence-electron chi connectivity index (χ2n) is 24.1. The molecule has 9 fully saturated rings. The molecule has 10 rings (SSSR count). The molecule has 0 aromatic heterocycles. The number of aliphatic hydroxyl groups excluding tert-OH is 12. The number of fused-ring (bicyclic) bond motifs is 7. The van der Waals surface area contributed by atoms with E-state index in [0.29, 0.717) is 37.0 Å². The zero-order valence-corrected chi connectivity index (χ0v) is 42.9. The molecule has 6 heterocycles. The molecule has 3 unspecified atom stereocenters. The molecule has 10 aliphatic rings. The minimum absolute atomic E-state index is 0.0366. The lowest BCUT2D eigenvalue weighted by molar-refractivity contribution is -0.393. The van der Waals surface area contributed by atoms with Crippen molar-refractivity contribution in [1.82, 2.24) is 0 Å². The third-order valence-corrected chi connectivity index (χ3v) is 19.9. The van der Waals surface area contributed by atoms with Crippen LogP contribution in [0.3, 0.4) is 0 Å². The summed E-state index contributed by atoms with van der Waals surface area (Å²) >= 11 is 0. The van der Waals surface area contributed by atoms with Crippen LogP contribution in [0.25, 0.3) is 0 Å². The topological polar surface area (TPSA) is 355 Å². The second kappa shape index (κ2) is 21.0. The predicted octanol–water partition coefficient (Wildman–Crippen LogP) is -2.64. The Balaban J connectivity index is 0.827. The normalized spacial score (nSPS) is 58.6. The van der Waals surface area contributed by atoms with Crippen molar-refractivity contribution in [2.75, 3.05) is 13.2 Å². The Morgan fingerprint density at radius 2 is 1.14 bits per heavy atom. The Morgan fingerprint density at radius 3 is 1.76 bits per heavy atom. The maximum absolute atomic E-state index is 12.5. The monoisotopic (exact) mass is 1060 g/mol. The second-order valence-corrected chi connectivity index (χ2v) is 24.1. The van der Waals surface area contributed by atoms with Gasteiger partial charge in [-0.2, -0.15) is 0 Å². The summed E-state index contributed by atoms with van der Waals surface area (Å²) in [6, 6.07) is 0. The van der Waals surface area contributed by atoms with Gasteiger partial charge in [0.05, 0.1) is 37.6 Å². The molecule has 0 aromatic rings. The molecule has 6 saturated heterocycles. The van der Waals surface area contributed by atoms with Crippen molar-refractivity contribution in [3.8, 4) is 0 Å². The van der Waals surface area contributed by atoms with Crippen molar-refractivity contribution in [2.45, 2.75) is 246 Å². The van der Waals surface area contributed by atoms with Gasteiger partial charge < -0.3 is 114 Å². The van der Waals surface area contributed by atoms with Crippen molar-refractivity contribution < 1.29 is 114 Å². The largest absolute Gasteiger partial charge is 0.394 e. The maximum Gasteiger partial charge on any atom is 0.195 e. The highest BCUT2D eigenvalue weighted by Gasteiger charge is 2.70. The van der Waals surface area contributed by atoms with Gasteiger partial charge in [-0.25, -0.2) is 0 Å². The molecule has 0 radical (unpaired) electrons. The average Bonchev–Trinajstić information content (AvgIpc) is 3.99. The van der Waals surface area contributed by atoms with Gasteiger partial charge in [0.25, 0.3) is 0 Å². The fourth-order valence-corrected chi connectivity index (χ4v) is 15.5. The van der Waals surface area contributed by atoms with Crippen LogP contribution in [-0.2, 0) is 47.4 Å². The van der Waals surface area contributed by atoms with E-state index in [2.05, 4.69) is 19.9 Å². The number of ether oxygens (including phenoxy) is 10. The first kappa shape index (κ1) is 56.1. The van der Waals surface area contributed by atoms with E-state index in [4.69, 9.17) is 47.4 Å². The zero-order chi connectivity index (χ0) is 53.2. The first-order valence-electron chi connectivity index (χ1n) is 27.0. The van der Waals surface area contributed by atoms with Gasteiger partial charge in [-0.05, 0) is 99.7 Å². The quantitative estimate of drug-likeness (QED) is 0.0941. The van der Waals surface area contributed by atoms with Gasteiger partial charge >= 0.3 is 0 Å². The van der Waals surface area contributed by atoms with E-state index in [9.17, 15) is 66.4 Å². The molecule has 0 spiro atoms. The van der Waals surface area contributed by atoms with Crippen LogP contribution in [0, 0.1) is 46.3 Å². The van der Waals surface area contributed by atoms with Gasteiger partial charge in [-0.15, -0.1) is 0 Å². The van der Waals surface area contributed by atoms with Gasteiger partial charge in [-0.3, -0.25) is 0 Å². The maximum atomic E-state index is 12.5. The van der Waals surface area contributed by atoms with Crippen molar-refractivity contribution in [3.63, 3.8) is 0 Å². The third kappa shape index (κ3) is 9.29. The molecule has 23 heteroatoms. The summed E-state index contributed by atoms with van der Waals surface area (Å²) in [4.78, 5) is 0. The molecular weight excluding hydrogens is 981 g/mol. The van der Waals surface area contributed by atoms with E-state index in [1.807, 2.05) is 13.8 Å². The van der Waals surface area contributed by atoms with E-state index in [1.165, 1.54) is 19.4 Å². The molecule has 4 aliphatic carbocycles. The number of hydrogen-bond donors (Lipinski definition) is 13. The Labute approximate surface area is 430 Å². The first-order chi connectivity index (χ1) is 34.9. The van der Waals surface area contributed by atoms with Crippen molar-refractivity contribution >= 4 is 0 Å². The smallest absolute Gasteiger partial charge is 0.195 e. The summed E-state index contributed by atoms with van der Waals surface area (Å²) in [5.41, 5.74) is 0.909. The Morgan fingerprint density at radius 1 is 0.568 bits per heavy atom. The van der Waals surface area contributed by atoms with E-state index in [-0.39, 0.29) is 34.7 Å². The predicted molar refractivity (Wildman–Crippen MR) is 248 cm³/mol. The number of hydrogen-bond acceptors (Lipinski definition) is 23. The Hall–Kier alpha value is -1.18. The highest BCUT2D eigenvalue weighted by atomic mass is 16.8. The number of allylic oxidation sites excluding steroid dienone is 1. The third-order valence-electron chi connectivity index (χ3n) is 19.9. The molecule has 74 heavy (non-hydrogen) atoms. The molecule has 6 aliphatic heterocycles. The van der Waals surface area contributed by atoms with Crippen LogP contribution in [0.15, 0.2) is 11.6 Å². The summed E-state index contributed by atoms with van der Waals surface area (Å²) in [6.45, 7) is 10.3. The molecular formula is C51H82O23. The molecule has 0 amide bonds. The lowest BCUT2D eigenvalue weighted by atomic mass is 9.47. The van der Waals surface area contributed by atoms with Gasteiger partial charge in [-0.1, -0.05) is 39.3 Å². The van der Waals surface area contributed by atoms with Gasteiger partial charge in [0.15, 0.2) is 37.2 Å². The van der Waals surface area contributed by atoms with Crippen LogP contribution < -0.4 is 0 Å². The van der Waals surface area contributed by atoms with E-state index < -0.39 is 160 Å². The van der Waals surface area contributed by atoms with Crippen LogP contribution in [-0.4, -0.2) is 233 Å². The summed E-state index contributed by atoms with van der Waals surface area (Å²) in [5.74, 6) is -1.16. The lowest BCUT2D eigenvalue weighted by Crippen LogP contribution is -2.67. The van der Waals surface area contributed by atoms with Crippen LogP contribution in [0.2, 0.25) is 0 Å². The van der Waals surface area contributed by atoms with Gasteiger partial charge in [0.2, 0.25) is 0 Å². The molecule has 0 bridgehead atoms. The average molecular weight is 1060 g/mol. The van der Waals surface area contributed by atoms with Gasteiger partial charge in [0, 0.05) is 11.8 Å². The molecule has 13 N–H and O–H groups in total.